The fourth-order valence-electron chi connectivity index (χ4n) is 2.44. The molecule has 0 saturated carbocycles. The summed E-state index contributed by atoms with van der Waals surface area (Å²) in [7, 11) is 1.90. The Morgan fingerprint density at radius 3 is 2.76 bits per heavy atom. The number of carbonyl (C=O) groups excluding carboxylic acids is 1. The molecule has 1 heterocycles. The van der Waals surface area contributed by atoms with Crippen LogP contribution in [0.4, 0.5) is 10.1 Å². The minimum Gasteiger partial charge on any atom is -0.350 e. The summed E-state index contributed by atoms with van der Waals surface area (Å²) in [5.41, 5.74) is 2.88. The second-order valence-corrected chi connectivity index (χ2v) is 5.08. The second kappa shape index (κ2) is 5.05. The number of para-hydroxylation sites is 1. The van der Waals surface area contributed by atoms with Crippen molar-refractivity contribution in [3.63, 3.8) is 0 Å². The van der Waals surface area contributed by atoms with Gasteiger partial charge in [-0.1, -0.05) is 24.3 Å². The minimum atomic E-state index is -0.367. The first-order chi connectivity index (χ1) is 10.1. The molecule has 21 heavy (non-hydrogen) atoms. The number of fused-ring (bicyclic) bond motifs is 1. The van der Waals surface area contributed by atoms with Gasteiger partial charge in [0.2, 0.25) is 0 Å². The molecular formula is C17H15FN2O. The maximum Gasteiger partial charge on any atom is 0.257 e. The molecule has 0 aliphatic rings. The molecule has 3 rings (SSSR count). The van der Waals surface area contributed by atoms with Crippen LogP contribution in [0.15, 0.2) is 48.7 Å². The SMILES string of the molecule is Cc1ccc(F)cc1NC(=O)c1cn(C)c2ccccc12. The third-order valence-corrected chi connectivity index (χ3v) is 3.59. The molecule has 1 N–H and O–H groups in total. The van der Waals surface area contributed by atoms with E-state index in [1.165, 1.54) is 12.1 Å². The molecule has 0 bridgehead atoms. The summed E-state index contributed by atoms with van der Waals surface area (Å²) in [6.07, 6.45) is 1.79. The first-order valence-electron chi connectivity index (χ1n) is 6.68. The number of rotatable bonds is 2. The van der Waals surface area contributed by atoms with Crippen LogP contribution >= 0.6 is 0 Å². The van der Waals surface area contributed by atoms with E-state index in [1.54, 1.807) is 12.3 Å². The standard InChI is InChI=1S/C17H15FN2O/c1-11-7-8-12(18)9-15(11)19-17(21)14-10-20(2)16-6-4-3-5-13(14)16/h3-10H,1-2H3,(H,19,21). The molecule has 2 aromatic carbocycles. The van der Waals surface area contributed by atoms with Crippen molar-refractivity contribution >= 4 is 22.5 Å². The van der Waals surface area contributed by atoms with E-state index in [2.05, 4.69) is 5.32 Å². The van der Waals surface area contributed by atoms with Crippen molar-refractivity contribution in [2.45, 2.75) is 6.92 Å². The summed E-state index contributed by atoms with van der Waals surface area (Å²) in [6, 6.07) is 12.0. The van der Waals surface area contributed by atoms with Crippen LogP contribution in [0.2, 0.25) is 0 Å². The molecule has 0 atom stereocenters. The van der Waals surface area contributed by atoms with Crippen LogP contribution in [-0.4, -0.2) is 10.5 Å². The molecule has 106 valence electrons. The van der Waals surface area contributed by atoms with E-state index in [9.17, 15) is 9.18 Å². The molecule has 3 nitrogen and oxygen atoms in total. The Hall–Kier alpha value is -2.62. The lowest BCUT2D eigenvalue weighted by molar-refractivity contribution is 0.102. The number of aryl methyl sites for hydroxylation is 2. The van der Waals surface area contributed by atoms with E-state index in [0.29, 0.717) is 11.3 Å². The number of benzene rings is 2. The zero-order chi connectivity index (χ0) is 15.0. The van der Waals surface area contributed by atoms with Crippen LogP contribution in [0.25, 0.3) is 10.9 Å². The van der Waals surface area contributed by atoms with E-state index in [4.69, 9.17) is 0 Å². The van der Waals surface area contributed by atoms with Crippen LogP contribution in [0.1, 0.15) is 15.9 Å². The van der Waals surface area contributed by atoms with E-state index >= 15 is 0 Å². The molecule has 1 aromatic heterocycles. The molecule has 1 amide bonds. The van der Waals surface area contributed by atoms with Gasteiger partial charge in [-0.3, -0.25) is 4.79 Å². The van der Waals surface area contributed by atoms with Crippen LogP contribution < -0.4 is 5.32 Å². The molecule has 0 fully saturated rings. The van der Waals surface area contributed by atoms with Crippen molar-refractivity contribution in [2.75, 3.05) is 5.32 Å². The lowest BCUT2D eigenvalue weighted by Gasteiger charge is -2.07. The number of anilines is 1. The Morgan fingerprint density at radius 1 is 1.19 bits per heavy atom. The number of nitrogens with one attached hydrogen (secondary N) is 1. The van der Waals surface area contributed by atoms with Crippen molar-refractivity contribution in [1.29, 1.82) is 0 Å². The topological polar surface area (TPSA) is 34.0 Å². The van der Waals surface area contributed by atoms with Gasteiger partial charge in [-0.15, -0.1) is 0 Å². The Balaban J connectivity index is 2.00. The molecular weight excluding hydrogens is 267 g/mol. The largest absolute Gasteiger partial charge is 0.350 e. The maximum atomic E-state index is 13.3. The summed E-state index contributed by atoms with van der Waals surface area (Å²) in [6.45, 7) is 1.83. The molecule has 0 aliphatic heterocycles. The predicted molar refractivity (Wildman–Crippen MR) is 82.0 cm³/mol. The van der Waals surface area contributed by atoms with Crippen molar-refractivity contribution in [3.8, 4) is 0 Å². The quantitative estimate of drug-likeness (QED) is 0.760. The van der Waals surface area contributed by atoms with Gasteiger partial charge >= 0.3 is 0 Å². The maximum absolute atomic E-state index is 13.3. The second-order valence-electron chi connectivity index (χ2n) is 5.08. The Kier molecular flexibility index (Phi) is 3.22. The summed E-state index contributed by atoms with van der Waals surface area (Å²) < 4.78 is 15.2. The van der Waals surface area contributed by atoms with E-state index < -0.39 is 0 Å². The minimum absolute atomic E-state index is 0.236. The molecule has 0 aliphatic carbocycles. The highest BCUT2D eigenvalue weighted by molar-refractivity contribution is 6.13. The number of nitrogens with zero attached hydrogens (tertiary/aromatic N) is 1. The molecule has 4 heteroatoms. The summed E-state index contributed by atoms with van der Waals surface area (Å²) in [5.74, 6) is -0.602. The van der Waals surface area contributed by atoms with E-state index in [-0.39, 0.29) is 11.7 Å². The Bertz CT molecular complexity index is 836. The van der Waals surface area contributed by atoms with Crippen LogP contribution in [0, 0.1) is 12.7 Å². The first-order valence-corrected chi connectivity index (χ1v) is 6.68. The Labute approximate surface area is 122 Å². The zero-order valence-electron chi connectivity index (χ0n) is 11.9. The van der Waals surface area contributed by atoms with Crippen molar-refractivity contribution in [2.24, 2.45) is 7.05 Å². The lowest BCUT2D eigenvalue weighted by Crippen LogP contribution is -2.12. The van der Waals surface area contributed by atoms with Crippen LogP contribution in [-0.2, 0) is 7.05 Å². The number of aromatic nitrogens is 1. The van der Waals surface area contributed by atoms with Gasteiger partial charge in [0.25, 0.3) is 5.91 Å². The third-order valence-electron chi connectivity index (χ3n) is 3.59. The number of amides is 1. The van der Waals surface area contributed by atoms with Gasteiger partial charge in [0, 0.05) is 29.8 Å². The van der Waals surface area contributed by atoms with Gasteiger partial charge in [0.1, 0.15) is 5.82 Å². The lowest BCUT2D eigenvalue weighted by atomic mass is 10.1. The number of hydrogen-bond acceptors (Lipinski definition) is 1. The van der Waals surface area contributed by atoms with Gasteiger partial charge in [0.05, 0.1) is 5.56 Å². The molecule has 3 aromatic rings. The fourth-order valence-corrected chi connectivity index (χ4v) is 2.44. The van der Waals surface area contributed by atoms with Crippen molar-refractivity contribution in [1.82, 2.24) is 4.57 Å². The highest BCUT2D eigenvalue weighted by Crippen LogP contribution is 2.23. The van der Waals surface area contributed by atoms with E-state index in [0.717, 1.165) is 16.5 Å². The summed E-state index contributed by atoms with van der Waals surface area (Å²) in [5, 5.41) is 3.66. The molecule has 0 unspecified atom stereocenters. The fraction of sp³-hybridized carbons (Fsp3) is 0.118. The monoisotopic (exact) mass is 282 g/mol. The van der Waals surface area contributed by atoms with Crippen LogP contribution in [0.3, 0.4) is 0 Å². The average molecular weight is 282 g/mol. The Morgan fingerprint density at radius 2 is 1.95 bits per heavy atom. The van der Waals surface area contributed by atoms with Crippen molar-refractivity contribution < 1.29 is 9.18 Å². The summed E-state index contributed by atoms with van der Waals surface area (Å²) >= 11 is 0. The predicted octanol–water partition coefficient (Wildman–Crippen LogP) is 3.88. The normalized spacial score (nSPS) is 10.8. The van der Waals surface area contributed by atoms with Gasteiger partial charge < -0.3 is 9.88 Å². The summed E-state index contributed by atoms with van der Waals surface area (Å²) in [4.78, 5) is 12.5. The molecule has 0 saturated heterocycles. The number of hydrogen-bond donors (Lipinski definition) is 1. The van der Waals surface area contributed by atoms with Gasteiger partial charge in [0.15, 0.2) is 0 Å². The number of halogens is 1. The third kappa shape index (κ3) is 2.40. The van der Waals surface area contributed by atoms with Gasteiger partial charge in [-0.2, -0.15) is 0 Å². The first kappa shape index (κ1) is 13.4. The van der Waals surface area contributed by atoms with E-state index in [1.807, 2.05) is 42.8 Å². The highest BCUT2D eigenvalue weighted by Gasteiger charge is 2.14. The van der Waals surface area contributed by atoms with Gasteiger partial charge in [-0.25, -0.2) is 4.39 Å². The average Bonchev–Trinajstić information content (AvgIpc) is 2.81. The number of carbonyl (C=O) groups is 1. The molecule has 0 spiro atoms. The smallest absolute Gasteiger partial charge is 0.257 e. The molecule has 0 radical (unpaired) electrons. The highest BCUT2D eigenvalue weighted by atomic mass is 19.1. The van der Waals surface area contributed by atoms with Gasteiger partial charge in [-0.05, 0) is 30.7 Å². The van der Waals surface area contributed by atoms with Crippen LogP contribution in [0.5, 0.6) is 0 Å². The zero-order valence-corrected chi connectivity index (χ0v) is 11.9. The van der Waals surface area contributed by atoms with Crippen molar-refractivity contribution in [3.05, 3.63) is 65.6 Å².